The molecule has 5 aromatic rings. The van der Waals surface area contributed by atoms with Crippen LogP contribution in [0.25, 0.3) is 22.6 Å². The molecule has 3 aromatic heterocycles. The molecular weight excluding hydrogens is 436 g/mol. The number of benzene rings is 2. The summed E-state index contributed by atoms with van der Waals surface area (Å²) in [5.74, 6) is 0.158. The predicted molar refractivity (Wildman–Crippen MR) is 123 cm³/mol. The predicted octanol–water partition coefficient (Wildman–Crippen LogP) is 4.23. The molecule has 0 unspecified atom stereocenters. The Bertz CT molecular complexity index is 1350. The first-order valence-corrected chi connectivity index (χ1v) is 10.3. The van der Waals surface area contributed by atoms with Crippen LogP contribution in [-0.4, -0.2) is 31.9 Å². The van der Waals surface area contributed by atoms with Crippen LogP contribution >= 0.6 is 0 Å². The number of carbonyl (C=O) groups is 2. The summed E-state index contributed by atoms with van der Waals surface area (Å²) in [6, 6.07) is 17.7. The number of aromatic nitrogens is 4. The lowest BCUT2D eigenvalue weighted by Crippen LogP contribution is -2.19. The molecule has 0 atom stereocenters. The molecule has 2 amide bonds. The molecule has 0 radical (unpaired) electrons. The zero-order valence-corrected chi connectivity index (χ0v) is 17.9. The highest BCUT2D eigenvalue weighted by molar-refractivity contribution is 6.14. The summed E-state index contributed by atoms with van der Waals surface area (Å²) in [7, 11) is 1.64. The van der Waals surface area contributed by atoms with Crippen LogP contribution in [0.1, 0.15) is 20.8 Å². The monoisotopic (exact) mass is 454 g/mol. The van der Waals surface area contributed by atoms with Crippen molar-refractivity contribution >= 4 is 23.2 Å². The summed E-state index contributed by atoms with van der Waals surface area (Å²) in [5, 5.41) is 17.2. The lowest BCUT2D eigenvalue weighted by Gasteiger charge is -2.08. The van der Waals surface area contributed by atoms with Gasteiger partial charge in [0.25, 0.3) is 11.8 Å². The van der Waals surface area contributed by atoms with Crippen molar-refractivity contribution in [3.63, 3.8) is 0 Å². The summed E-state index contributed by atoms with van der Waals surface area (Å²) >= 11 is 0. The molecule has 3 heterocycles. The number of amides is 2. The smallest absolute Gasteiger partial charge is 0.276 e. The maximum absolute atomic E-state index is 13.0. The highest BCUT2D eigenvalue weighted by Crippen LogP contribution is 2.24. The van der Waals surface area contributed by atoms with Crippen LogP contribution in [-0.2, 0) is 7.05 Å². The van der Waals surface area contributed by atoms with E-state index in [-0.39, 0.29) is 11.3 Å². The molecule has 2 aromatic carbocycles. The molecule has 0 aliphatic rings. The Labute approximate surface area is 193 Å². The number of rotatable bonds is 6. The van der Waals surface area contributed by atoms with Crippen molar-refractivity contribution in [3.8, 4) is 22.6 Å². The van der Waals surface area contributed by atoms with E-state index in [0.717, 1.165) is 11.1 Å². The number of aryl methyl sites for hydroxylation is 1. The zero-order valence-electron chi connectivity index (χ0n) is 17.9. The number of hydrogen-bond donors (Lipinski definition) is 2. The summed E-state index contributed by atoms with van der Waals surface area (Å²) in [5.41, 5.74) is 2.70. The van der Waals surface area contributed by atoms with E-state index in [2.05, 4.69) is 26.0 Å². The van der Waals surface area contributed by atoms with E-state index in [4.69, 9.17) is 9.05 Å². The Morgan fingerprint density at radius 1 is 0.794 bits per heavy atom. The summed E-state index contributed by atoms with van der Waals surface area (Å²) in [4.78, 5) is 26.0. The fourth-order valence-corrected chi connectivity index (χ4v) is 3.44. The average molecular weight is 454 g/mol. The first-order valence-electron chi connectivity index (χ1n) is 10.3. The molecule has 0 bridgehead atoms. The molecule has 34 heavy (non-hydrogen) atoms. The maximum Gasteiger partial charge on any atom is 0.276 e. The van der Waals surface area contributed by atoms with Crippen molar-refractivity contribution in [2.24, 2.45) is 7.05 Å². The van der Waals surface area contributed by atoms with Crippen molar-refractivity contribution in [2.75, 3.05) is 10.6 Å². The molecule has 2 N–H and O–H groups in total. The van der Waals surface area contributed by atoms with E-state index >= 15 is 0 Å². The molecule has 168 valence electrons. The number of carbonyl (C=O) groups excluding carboxylic acids is 2. The van der Waals surface area contributed by atoms with E-state index in [9.17, 15) is 9.59 Å². The van der Waals surface area contributed by atoms with Crippen LogP contribution in [0, 0.1) is 0 Å². The van der Waals surface area contributed by atoms with Gasteiger partial charge in [0.2, 0.25) is 0 Å². The van der Waals surface area contributed by atoms with E-state index in [1.54, 1.807) is 68.0 Å². The van der Waals surface area contributed by atoms with Gasteiger partial charge >= 0.3 is 0 Å². The second-order valence-corrected chi connectivity index (χ2v) is 7.39. The van der Waals surface area contributed by atoms with Gasteiger partial charge in [-0.15, -0.1) is 0 Å². The van der Waals surface area contributed by atoms with Gasteiger partial charge in [-0.25, -0.2) is 0 Å². The highest BCUT2D eigenvalue weighted by atomic mass is 16.5. The molecule has 0 aliphatic carbocycles. The van der Waals surface area contributed by atoms with Gasteiger partial charge in [0.1, 0.15) is 0 Å². The minimum Gasteiger partial charge on any atom is -0.356 e. The largest absolute Gasteiger partial charge is 0.356 e. The maximum atomic E-state index is 13.0. The van der Waals surface area contributed by atoms with Crippen molar-refractivity contribution in [1.29, 1.82) is 0 Å². The molecule has 0 saturated carbocycles. The fourth-order valence-electron chi connectivity index (χ4n) is 3.44. The third kappa shape index (κ3) is 4.32. The second kappa shape index (κ2) is 8.87. The van der Waals surface area contributed by atoms with E-state index < -0.39 is 11.8 Å². The quantitative estimate of drug-likeness (QED) is 0.393. The molecule has 0 saturated heterocycles. The topological polar surface area (TPSA) is 128 Å². The molecule has 5 rings (SSSR count). The first kappa shape index (κ1) is 20.9. The van der Waals surface area contributed by atoms with Crippen molar-refractivity contribution in [1.82, 2.24) is 20.1 Å². The Morgan fingerprint density at radius 3 is 1.88 bits per heavy atom. The van der Waals surface area contributed by atoms with Gasteiger partial charge in [-0.05, 0) is 24.3 Å². The lowest BCUT2D eigenvalue weighted by molar-refractivity contribution is 0.0988. The number of hydrogen-bond acceptors (Lipinski definition) is 7. The van der Waals surface area contributed by atoms with Crippen LogP contribution in [0.4, 0.5) is 11.4 Å². The van der Waals surface area contributed by atoms with Gasteiger partial charge in [-0.3, -0.25) is 14.3 Å². The minimum absolute atomic E-state index is 0.00328. The molecule has 10 heteroatoms. The molecular formula is C24H18N6O4. The average Bonchev–Trinajstić information content (AvgIpc) is 3.61. The Hall–Kier alpha value is -4.99. The Morgan fingerprint density at radius 2 is 1.35 bits per heavy atom. The van der Waals surface area contributed by atoms with Crippen molar-refractivity contribution in [3.05, 3.63) is 90.5 Å². The van der Waals surface area contributed by atoms with Crippen LogP contribution in [0.2, 0.25) is 0 Å². The van der Waals surface area contributed by atoms with Gasteiger partial charge in [-0.1, -0.05) is 34.6 Å². The van der Waals surface area contributed by atoms with Crippen LogP contribution in [0.3, 0.4) is 0 Å². The molecule has 10 nitrogen and oxygen atoms in total. The zero-order chi connectivity index (χ0) is 23.5. The molecule has 0 spiro atoms. The van der Waals surface area contributed by atoms with Crippen molar-refractivity contribution < 1.29 is 18.6 Å². The number of anilines is 2. The number of nitrogens with zero attached hydrogens (tertiary/aromatic N) is 4. The third-order valence-electron chi connectivity index (χ3n) is 4.97. The lowest BCUT2D eigenvalue weighted by atomic mass is 10.1. The highest BCUT2D eigenvalue weighted by Gasteiger charge is 2.22. The third-order valence-corrected chi connectivity index (χ3v) is 4.97. The fraction of sp³-hybridized carbons (Fsp3) is 0.0417. The van der Waals surface area contributed by atoms with Gasteiger partial charge < -0.3 is 19.7 Å². The Balaban J connectivity index is 1.35. The summed E-state index contributed by atoms with van der Waals surface area (Å²) < 4.78 is 11.8. The first-order chi connectivity index (χ1) is 16.6. The van der Waals surface area contributed by atoms with E-state index in [1.807, 2.05) is 12.1 Å². The minimum atomic E-state index is -0.518. The molecule has 0 fully saturated rings. The van der Waals surface area contributed by atoms with Crippen molar-refractivity contribution in [2.45, 2.75) is 0 Å². The standard InChI is InChI=1S/C24H18N6O4/c1-30-14-19(23(31)27-17-6-2-4-15(12-17)20-8-10-25-33-20)22(29-30)24(32)28-18-7-3-5-16(13-18)21-9-11-26-34-21/h2-14H,1H3,(H,27,31)(H,28,32). The SMILES string of the molecule is Cn1cc(C(=O)Nc2cccc(-c3ccno3)c2)c(C(=O)Nc2cccc(-c3ccno3)c2)n1. The Kier molecular flexibility index (Phi) is 5.45. The van der Waals surface area contributed by atoms with Crippen LogP contribution in [0.15, 0.2) is 88.3 Å². The summed E-state index contributed by atoms with van der Waals surface area (Å²) in [6.45, 7) is 0. The number of nitrogens with one attached hydrogen (secondary N) is 2. The van der Waals surface area contributed by atoms with Crippen LogP contribution < -0.4 is 10.6 Å². The summed E-state index contributed by atoms with van der Waals surface area (Å²) in [6.07, 6.45) is 4.58. The second-order valence-electron chi connectivity index (χ2n) is 7.39. The normalized spacial score (nSPS) is 10.7. The van der Waals surface area contributed by atoms with Crippen LogP contribution in [0.5, 0.6) is 0 Å². The van der Waals surface area contributed by atoms with Gasteiger partial charge in [-0.2, -0.15) is 5.10 Å². The molecule has 0 aliphatic heterocycles. The van der Waals surface area contributed by atoms with Gasteiger partial charge in [0.15, 0.2) is 17.2 Å². The van der Waals surface area contributed by atoms with E-state index in [0.29, 0.717) is 22.9 Å². The van der Waals surface area contributed by atoms with Gasteiger partial charge in [0.05, 0.1) is 18.0 Å². The van der Waals surface area contributed by atoms with E-state index in [1.165, 1.54) is 10.9 Å². The van der Waals surface area contributed by atoms with Gasteiger partial charge in [0, 0.05) is 47.9 Å².